The van der Waals surface area contributed by atoms with Crippen LogP contribution in [0.2, 0.25) is 0 Å². The minimum atomic E-state index is -3.00. The number of imidazole rings is 1. The number of hydrogen-bond acceptors (Lipinski definition) is 4. The summed E-state index contributed by atoms with van der Waals surface area (Å²) < 4.78 is 33.9. The van der Waals surface area contributed by atoms with Gasteiger partial charge in [-0.05, 0) is 36.4 Å². The Kier molecular flexibility index (Phi) is 4.38. The number of H-pyrrole nitrogens is 2. The van der Waals surface area contributed by atoms with Crippen molar-refractivity contribution in [3.8, 4) is 11.5 Å². The maximum Gasteiger partial charge on any atom is 0.387 e. The highest BCUT2D eigenvalue weighted by atomic mass is 19.3. The topological polar surface area (TPSA) is 96.2 Å². The number of methoxy groups -OCH3 is 1. The molecule has 25 heavy (non-hydrogen) atoms. The lowest BCUT2D eigenvalue weighted by Crippen LogP contribution is -2.12. The molecule has 0 radical (unpaired) electrons. The molecule has 3 aromatic rings. The van der Waals surface area contributed by atoms with Crippen LogP contribution in [-0.2, 0) is 0 Å². The smallest absolute Gasteiger partial charge is 0.387 e. The highest BCUT2D eigenvalue weighted by molar-refractivity contribution is 6.05. The summed E-state index contributed by atoms with van der Waals surface area (Å²) in [5.74, 6) is -0.627. The lowest BCUT2D eigenvalue weighted by atomic mass is 10.1. The van der Waals surface area contributed by atoms with E-state index in [0.29, 0.717) is 16.7 Å². The molecular formula is C16H13F2N3O4. The van der Waals surface area contributed by atoms with Crippen LogP contribution in [0.15, 0.2) is 41.2 Å². The zero-order valence-corrected chi connectivity index (χ0v) is 12.9. The largest absolute Gasteiger partial charge is 0.493 e. The summed E-state index contributed by atoms with van der Waals surface area (Å²) in [6, 6.07) is 8.72. The van der Waals surface area contributed by atoms with Gasteiger partial charge in [-0.15, -0.1) is 0 Å². The van der Waals surface area contributed by atoms with Crippen molar-refractivity contribution in [2.75, 3.05) is 12.4 Å². The molecular weight excluding hydrogens is 336 g/mol. The molecule has 3 N–H and O–H groups in total. The molecule has 0 saturated carbocycles. The first-order valence-corrected chi connectivity index (χ1v) is 7.12. The Balaban J connectivity index is 1.82. The molecule has 0 aliphatic rings. The monoisotopic (exact) mass is 349 g/mol. The fourth-order valence-electron chi connectivity index (χ4n) is 2.32. The van der Waals surface area contributed by atoms with Gasteiger partial charge in [0.15, 0.2) is 11.5 Å². The molecule has 0 fully saturated rings. The number of amides is 1. The van der Waals surface area contributed by atoms with Gasteiger partial charge in [0.25, 0.3) is 5.91 Å². The third-order valence-corrected chi connectivity index (χ3v) is 3.42. The predicted octanol–water partition coefficient (Wildman–Crippen LogP) is 2.72. The quantitative estimate of drug-likeness (QED) is 0.660. The fraction of sp³-hybridized carbons (Fsp3) is 0.125. The molecule has 2 aromatic carbocycles. The zero-order chi connectivity index (χ0) is 18.0. The van der Waals surface area contributed by atoms with E-state index in [-0.39, 0.29) is 22.8 Å². The summed E-state index contributed by atoms with van der Waals surface area (Å²) in [4.78, 5) is 28.7. The van der Waals surface area contributed by atoms with Crippen molar-refractivity contribution in [2.24, 2.45) is 0 Å². The van der Waals surface area contributed by atoms with E-state index in [0.717, 1.165) is 0 Å². The average Bonchev–Trinajstić information content (AvgIpc) is 2.94. The van der Waals surface area contributed by atoms with Crippen LogP contribution in [0.5, 0.6) is 11.5 Å². The molecule has 1 aromatic heterocycles. The molecule has 0 aliphatic carbocycles. The highest BCUT2D eigenvalue weighted by Gasteiger charge is 2.14. The Morgan fingerprint density at radius 1 is 1.08 bits per heavy atom. The van der Waals surface area contributed by atoms with Crippen molar-refractivity contribution >= 4 is 22.6 Å². The zero-order valence-electron chi connectivity index (χ0n) is 12.9. The van der Waals surface area contributed by atoms with Crippen molar-refractivity contribution in [3.63, 3.8) is 0 Å². The number of aromatic amines is 2. The summed E-state index contributed by atoms with van der Waals surface area (Å²) in [5.41, 5.74) is 1.46. The van der Waals surface area contributed by atoms with Crippen molar-refractivity contribution in [2.45, 2.75) is 6.61 Å². The van der Waals surface area contributed by atoms with E-state index in [1.807, 2.05) is 0 Å². The molecule has 0 atom stereocenters. The molecule has 7 nitrogen and oxygen atoms in total. The van der Waals surface area contributed by atoms with Crippen molar-refractivity contribution in [1.82, 2.24) is 9.97 Å². The van der Waals surface area contributed by atoms with Crippen LogP contribution in [0, 0.1) is 0 Å². The lowest BCUT2D eigenvalue weighted by Gasteiger charge is -2.11. The number of fused-ring (bicyclic) bond motifs is 1. The molecule has 0 aliphatic heterocycles. The Morgan fingerprint density at radius 3 is 2.56 bits per heavy atom. The molecule has 1 heterocycles. The number of rotatable bonds is 5. The highest BCUT2D eigenvalue weighted by Crippen LogP contribution is 2.29. The number of hydrogen-bond donors (Lipinski definition) is 3. The van der Waals surface area contributed by atoms with Crippen LogP contribution in [0.3, 0.4) is 0 Å². The van der Waals surface area contributed by atoms with E-state index in [9.17, 15) is 18.4 Å². The Labute approximate surface area is 139 Å². The number of carbonyl (C=O) groups is 1. The minimum absolute atomic E-state index is 0.0124. The predicted molar refractivity (Wildman–Crippen MR) is 86.5 cm³/mol. The van der Waals surface area contributed by atoms with Gasteiger partial charge >= 0.3 is 12.3 Å². The first kappa shape index (κ1) is 16.5. The van der Waals surface area contributed by atoms with E-state index < -0.39 is 12.5 Å². The molecule has 9 heteroatoms. The lowest BCUT2D eigenvalue weighted by molar-refractivity contribution is -0.0512. The number of aromatic nitrogens is 2. The van der Waals surface area contributed by atoms with Gasteiger partial charge in [-0.25, -0.2) is 4.79 Å². The van der Waals surface area contributed by atoms with Crippen LogP contribution in [0.25, 0.3) is 11.0 Å². The van der Waals surface area contributed by atoms with Crippen LogP contribution in [-0.4, -0.2) is 29.6 Å². The van der Waals surface area contributed by atoms with Gasteiger partial charge in [0.2, 0.25) is 0 Å². The first-order valence-electron chi connectivity index (χ1n) is 7.12. The van der Waals surface area contributed by atoms with Crippen LogP contribution < -0.4 is 20.5 Å². The Hall–Kier alpha value is -3.36. The van der Waals surface area contributed by atoms with Crippen molar-refractivity contribution in [1.29, 1.82) is 0 Å². The summed E-state index contributed by atoms with van der Waals surface area (Å²) >= 11 is 0. The maximum absolute atomic E-state index is 12.3. The number of halogens is 2. The van der Waals surface area contributed by atoms with Gasteiger partial charge < -0.3 is 24.8 Å². The molecule has 3 rings (SSSR count). The SMILES string of the molecule is COc1cc(C(=O)Nc2ccc3[nH]c(=O)[nH]c3c2)ccc1OC(F)F. The van der Waals surface area contributed by atoms with Gasteiger partial charge in [0.05, 0.1) is 18.1 Å². The molecule has 0 spiro atoms. The van der Waals surface area contributed by atoms with E-state index in [4.69, 9.17) is 4.74 Å². The summed E-state index contributed by atoms with van der Waals surface area (Å²) in [7, 11) is 1.28. The molecule has 0 unspecified atom stereocenters. The third-order valence-electron chi connectivity index (χ3n) is 3.42. The van der Waals surface area contributed by atoms with Gasteiger partial charge in [0, 0.05) is 11.3 Å². The molecule has 0 bridgehead atoms. The maximum atomic E-state index is 12.3. The Bertz CT molecular complexity index is 981. The summed E-state index contributed by atoms with van der Waals surface area (Å²) in [6.07, 6.45) is 0. The fourth-order valence-corrected chi connectivity index (χ4v) is 2.32. The Morgan fingerprint density at radius 2 is 1.84 bits per heavy atom. The molecule has 1 amide bonds. The number of alkyl halides is 2. The normalized spacial score (nSPS) is 10.9. The first-order chi connectivity index (χ1) is 12.0. The standard InChI is InChI=1S/C16H13F2N3O4/c1-24-13-6-8(2-5-12(13)25-15(17)18)14(22)19-9-3-4-10-11(7-9)21-16(23)20-10/h2-7,15H,1H3,(H,19,22)(H2,20,21,23). The number of nitrogens with one attached hydrogen (secondary N) is 3. The van der Waals surface area contributed by atoms with E-state index in [1.165, 1.54) is 25.3 Å². The minimum Gasteiger partial charge on any atom is -0.493 e. The molecule has 130 valence electrons. The summed E-state index contributed by atoms with van der Waals surface area (Å²) in [5, 5.41) is 2.65. The van der Waals surface area contributed by atoms with Gasteiger partial charge in [-0.3, -0.25) is 4.79 Å². The van der Waals surface area contributed by atoms with E-state index in [2.05, 4.69) is 20.0 Å². The molecule has 0 saturated heterocycles. The van der Waals surface area contributed by atoms with E-state index in [1.54, 1.807) is 18.2 Å². The van der Waals surface area contributed by atoms with Crippen LogP contribution in [0.1, 0.15) is 10.4 Å². The van der Waals surface area contributed by atoms with E-state index >= 15 is 0 Å². The van der Waals surface area contributed by atoms with Crippen LogP contribution in [0.4, 0.5) is 14.5 Å². The van der Waals surface area contributed by atoms with Gasteiger partial charge in [0.1, 0.15) is 0 Å². The van der Waals surface area contributed by atoms with Crippen molar-refractivity contribution < 1.29 is 23.0 Å². The average molecular weight is 349 g/mol. The van der Waals surface area contributed by atoms with Crippen molar-refractivity contribution in [3.05, 3.63) is 52.4 Å². The summed E-state index contributed by atoms with van der Waals surface area (Å²) in [6.45, 7) is -3.00. The second kappa shape index (κ2) is 6.63. The van der Waals surface area contributed by atoms with Crippen LogP contribution >= 0.6 is 0 Å². The number of carbonyl (C=O) groups excluding carboxylic acids is 1. The second-order valence-electron chi connectivity index (χ2n) is 5.04. The number of benzene rings is 2. The van der Waals surface area contributed by atoms with Gasteiger partial charge in [-0.1, -0.05) is 0 Å². The van der Waals surface area contributed by atoms with Gasteiger partial charge in [-0.2, -0.15) is 8.78 Å². The third kappa shape index (κ3) is 3.60. The second-order valence-corrected chi connectivity index (χ2v) is 5.04. The number of anilines is 1. The number of ether oxygens (including phenoxy) is 2.